The highest BCUT2D eigenvalue weighted by molar-refractivity contribution is 5.86. The van der Waals surface area contributed by atoms with E-state index in [2.05, 4.69) is 10.3 Å². The number of rotatable bonds is 8. The summed E-state index contributed by atoms with van der Waals surface area (Å²) in [5, 5.41) is 2.64. The van der Waals surface area contributed by atoms with Crippen molar-refractivity contribution in [3.05, 3.63) is 0 Å². The van der Waals surface area contributed by atoms with Crippen LogP contribution < -0.4 is 16.8 Å². The number of likely N-dealkylation sites (tertiary alicyclic amines) is 1. The van der Waals surface area contributed by atoms with Crippen LogP contribution in [-0.2, 0) is 14.4 Å². The number of nitrogens with one attached hydrogen (secondary N) is 1. The molecule has 5 N–H and O–H groups in total. The predicted molar refractivity (Wildman–Crippen MR) is 73.7 cm³/mol. The Labute approximate surface area is 117 Å². The van der Waals surface area contributed by atoms with E-state index in [1.807, 2.05) is 0 Å². The van der Waals surface area contributed by atoms with E-state index < -0.39 is 12.1 Å². The highest BCUT2D eigenvalue weighted by Gasteiger charge is 2.30. The molecule has 20 heavy (non-hydrogen) atoms. The maximum absolute atomic E-state index is 12.0. The van der Waals surface area contributed by atoms with Gasteiger partial charge in [0.05, 0.1) is 6.04 Å². The number of guanidine groups is 1. The minimum absolute atomic E-state index is 0.00395. The second-order valence-corrected chi connectivity index (χ2v) is 4.70. The Hall–Kier alpha value is -2.12. The van der Waals surface area contributed by atoms with Crippen molar-refractivity contribution in [1.82, 2.24) is 10.2 Å². The number of aldehydes is 1. The molecule has 0 radical (unpaired) electrons. The number of nitrogens with two attached hydrogens (primary N) is 2. The molecule has 0 aromatic rings. The topological polar surface area (TPSA) is 131 Å². The number of carbonyl (C=O) groups is 3. The molecule has 1 aliphatic heterocycles. The average Bonchev–Trinajstić information content (AvgIpc) is 2.90. The first kappa shape index (κ1) is 15.9. The van der Waals surface area contributed by atoms with Gasteiger partial charge in [0.15, 0.2) is 5.96 Å². The normalized spacial score (nSPS) is 19.2. The van der Waals surface area contributed by atoms with Gasteiger partial charge in [-0.2, -0.15) is 0 Å². The van der Waals surface area contributed by atoms with Gasteiger partial charge in [0, 0.05) is 13.1 Å². The fraction of sp³-hybridized carbons (Fsp3) is 0.667. The Balaban J connectivity index is 2.39. The molecule has 2 atom stereocenters. The summed E-state index contributed by atoms with van der Waals surface area (Å²) in [5.74, 6) is -0.280. The molecule has 0 saturated carbocycles. The standard InChI is InChI=1S/C12H21N5O3/c13-12(14)15-5-1-3-9(7-18)16-11(20)10-4-2-6-17(10)8-19/h7-10H,1-6H2,(H,16,20)(H4,13,14,15)/t9-,10-/m0/s1. The first-order chi connectivity index (χ1) is 9.58. The lowest BCUT2D eigenvalue weighted by Gasteiger charge is -2.21. The zero-order valence-electron chi connectivity index (χ0n) is 11.3. The second kappa shape index (κ2) is 8.13. The van der Waals surface area contributed by atoms with Gasteiger partial charge >= 0.3 is 0 Å². The Morgan fingerprint density at radius 1 is 1.45 bits per heavy atom. The lowest BCUT2D eigenvalue weighted by atomic mass is 10.1. The summed E-state index contributed by atoms with van der Waals surface area (Å²) in [6.45, 7) is 0.990. The van der Waals surface area contributed by atoms with E-state index in [0.717, 1.165) is 6.42 Å². The fourth-order valence-electron chi connectivity index (χ4n) is 2.17. The van der Waals surface area contributed by atoms with E-state index in [9.17, 15) is 14.4 Å². The predicted octanol–water partition coefficient (Wildman–Crippen LogP) is -1.66. The molecule has 0 unspecified atom stereocenters. The van der Waals surface area contributed by atoms with Gasteiger partial charge in [-0.15, -0.1) is 0 Å². The van der Waals surface area contributed by atoms with Crippen LogP contribution in [0.3, 0.4) is 0 Å². The third-order valence-corrected chi connectivity index (χ3v) is 3.19. The highest BCUT2D eigenvalue weighted by Crippen LogP contribution is 2.15. The van der Waals surface area contributed by atoms with Gasteiger partial charge < -0.3 is 26.5 Å². The molecule has 0 aromatic carbocycles. The lowest BCUT2D eigenvalue weighted by molar-refractivity contribution is -0.132. The van der Waals surface area contributed by atoms with E-state index in [-0.39, 0.29) is 11.9 Å². The fourth-order valence-corrected chi connectivity index (χ4v) is 2.17. The molecule has 8 nitrogen and oxygen atoms in total. The summed E-state index contributed by atoms with van der Waals surface area (Å²) in [7, 11) is 0. The third kappa shape index (κ3) is 4.87. The van der Waals surface area contributed by atoms with E-state index in [1.165, 1.54) is 4.90 Å². The molecule has 8 heteroatoms. The second-order valence-electron chi connectivity index (χ2n) is 4.70. The van der Waals surface area contributed by atoms with E-state index >= 15 is 0 Å². The summed E-state index contributed by atoms with van der Waals surface area (Å²) < 4.78 is 0. The van der Waals surface area contributed by atoms with Crippen molar-refractivity contribution >= 4 is 24.6 Å². The largest absolute Gasteiger partial charge is 0.370 e. The van der Waals surface area contributed by atoms with Crippen molar-refractivity contribution in [1.29, 1.82) is 0 Å². The zero-order valence-corrected chi connectivity index (χ0v) is 11.3. The Kier molecular flexibility index (Phi) is 6.48. The number of hydrogen-bond donors (Lipinski definition) is 3. The lowest BCUT2D eigenvalue weighted by Crippen LogP contribution is -2.47. The summed E-state index contributed by atoms with van der Waals surface area (Å²) in [6.07, 6.45) is 3.83. The number of aliphatic imine (C=N–C) groups is 1. The SMILES string of the molecule is NC(N)=NCCC[C@@H](C=O)NC(=O)[C@@H]1CCCN1C=O. The quantitative estimate of drug-likeness (QED) is 0.212. The molecular weight excluding hydrogens is 262 g/mol. The van der Waals surface area contributed by atoms with Gasteiger partial charge in [0.2, 0.25) is 12.3 Å². The first-order valence-corrected chi connectivity index (χ1v) is 6.60. The molecule has 1 fully saturated rings. The summed E-state index contributed by atoms with van der Waals surface area (Å²) in [6, 6.07) is -1.04. The molecular formula is C12H21N5O3. The number of hydrogen-bond acceptors (Lipinski definition) is 4. The average molecular weight is 283 g/mol. The van der Waals surface area contributed by atoms with Crippen LogP contribution in [0.1, 0.15) is 25.7 Å². The Morgan fingerprint density at radius 3 is 2.80 bits per heavy atom. The molecule has 2 amide bonds. The van der Waals surface area contributed by atoms with Crippen LogP contribution in [0.2, 0.25) is 0 Å². The van der Waals surface area contributed by atoms with Crippen molar-refractivity contribution in [2.24, 2.45) is 16.5 Å². The highest BCUT2D eigenvalue weighted by atomic mass is 16.2. The molecule has 0 bridgehead atoms. The van der Waals surface area contributed by atoms with E-state index in [4.69, 9.17) is 11.5 Å². The maximum atomic E-state index is 12.0. The Morgan fingerprint density at radius 2 is 2.20 bits per heavy atom. The Bertz CT molecular complexity index is 381. The third-order valence-electron chi connectivity index (χ3n) is 3.19. The van der Waals surface area contributed by atoms with Crippen molar-refractivity contribution in [2.45, 2.75) is 37.8 Å². The van der Waals surface area contributed by atoms with Crippen LogP contribution in [0.4, 0.5) is 0 Å². The van der Waals surface area contributed by atoms with Gasteiger partial charge in [-0.3, -0.25) is 14.6 Å². The summed E-state index contributed by atoms with van der Waals surface area (Å²) in [4.78, 5) is 39.0. The van der Waals surface area contributed by atoms with Crippen LogP contribution in [0.15, 0.2) is 4.99 Å². The van der Waals surface area contributed by atoms with Crippen molar-refractivity contribution in [3.8, 4) is 0 Å². The summed E-state index contributed by atoms with van der Waals surface area (Å²) in [5.41, 5.74) is 10.4. The van der Waals surface area contributed by atoms with Crippen LogP contribution >= 0.6 is 0 Å². The van der Waals surface area contributed by atoms with E-state index in [1.54, 1.807) is 0 Å². The van der Waals surface area contributed by atoms with Crippen molar-refractivity contribution in [3.63, 3.8) is 0 Å². The molecule has 112 valence electrons. The van der Waals surface area contributed by atoms with E-state index in [0.29, 0.717) is 45.0 Å². The smallest absolute Gasteiger partial charge is 0.243 e. The molecule has 0 aliphatic carbocycles. The first-order valence-electron chi connectivity index (χ1n) is 6.60. The van der Waals surface area contributed by atoms with Crippen LogP contribution in [-0.4, -0.2) is 54.6 Å². The zero-order chi connectivity index (χ0) is 15.0. The minimum atomic E-state index is -0.578. The molecule has 0 aromatic heterocycles. The minimum Gasteiger partial charge on any atom is -0.370 e. The maximum Gasteiger partial charge on any atom is 0.243 e. The monoisotopic (exact) mass is 283 g/mol. The van der Waals surface area contributed by atoms with Gasteiger partial charge in [-0.25, -0.2) is 0 Å². The van der Waals surface area contributed by atoms with Crippen LogP contribution in [0.5, 0.6) is 0 Å². The number of amides is 2. The van der Waals surface area contributed by atoms with Crippen LogP contribution in [0, 0.1) is 0 Å². The van der Waals surface area contributed by atoms with Crippen molar-refractivity contribution in [2.75, 3.05) is 13.1 Å². The molecule has 1 saturated heterocycles. The molecule has 1 heterocycles. The van der Waals surface area contributed by atoms with Gasteiger partial charge in [-0.05, 0) is 25.7 Å². The van der Waals surface area contributed by atoms with Crippen LogP contribution in [0.25, 0.3) is 0 Å². The van der Waals surface area contributed by atoms with Gasteiger partial charge in [-0.1, -0.05) is 0 Å². The molecule has 1 aliphatic rings. The number of nitrogens with zero attached hydrogens (tertiary/aromatic N) is 2. The molecule has 0 spiro atoms. The van der Waals surface area contributed by atoms with Crippen molar-refractivity contribution < 1.29 is 14.4 Å². The van der Waals surface area contributed by atoms with Gasteiger partial charge in [0.1, 0.15) is 12.3 Å². The molecule has 1 rings (SSSR count). The summed E-state index contributed by atoms with van der Waals surface area (Å²) >= 11 is 0. The number of carbonyl (C=O) groups excluding carboxylic acids is 3. The van der Waals surface area contributed by atoms with Gasteiger partial charge in [0.25, 0.3) is 0 Å².